The second-order valence-electron chi connectivity index (χ2n) is 5.75. The van der Waals surface area contributed by atoms with Crippen LogP contribution in [0.5, 0.6) is 0 Å². The van der Waals surface area contributed by atoms with Gasteiger partial charge in [0, 0.05) is 0 Å². The lowest BCUT2D eigenvalue weighted by Crippen LogP contribution is -2.42. The van der Waals surface area contributed by atoms with E-state index in [1.807, 2.05) is 0 Å². The number of carbonyl (C=O) groups is 2. The second-order valence-corrected chi connectivity index (χ2v) is 5.75. The highest BCUT2D eigenvalue weighted by atomic mass is 19.2. The largest absolute Gasteiger partial charge is 0.458 e. The highest BCUT2D eigenvalue weighted by molar-refractivity contribution is 5.85. The molecule has 1 amide bonds. The van der Waals surface area contributed by atoms with E-state index in [2.05, 4.69) is 5.32 Å². The number of hydrogen-bond acceptors (Lipinski definition) is 3. The van der Waals surface area contributed by atoms with Gasteiger partial charge in [0.05, 0.1) is 6.42 Å². The fraction of sp³-hybridized carbons (Fsp3) is 0.467. The van der Waals surface area contributed by atoms with Crippen LogP contribution in [0.4, 0.5) is 8.78 Å². The van der Waals surface area contributed by atoms with E-state index in [4.69, 9.17) is 4.74 Å². The molecule has 0 bridgehead atoms. The van der Waals surface area contributed by atoms with Gasteiger partial charge in [0.2, 0.25) is 5.91 Å². The monoisotopic (exact) mass is 299 g/mol. The molecule has 1 N–H and O–H groups in total. The van der Waals surface area contributed by atoms with Crippen molar-refractivity contribution >= 4 is 11.9 Å². The minimum atomic E-state index is -1.01. The van der Waals surface area contributed by atoms with Crippen molar-refractivity contribution in [2.75, 3.05) is 0 Å². The first-order chi connectivity index (χ1) is 9.58. The van der Waals surface area contributed by atoms with E-state index < -0.39 is 35.2 Å². The molecule has 0 aliphatic carbocycles. The lowest BCUT2D eigenvalue weighted by Gasteiger charge is -2.22. The summed E-state index contributed by atoms with van der Waals surface area (Å²) in [6.45, 7) is 6.67. The van der Waals surface area contributed by atoms with Crippen LogP contribution in [0.2, 0.25) is 0 Å². The van der Waals surface area contributed by atoms with Crippen molar-refractivity contribution in [3.05, 3.63) is 35.4 Å². The lowest BCUT2D eigenvalue weighted by atomic mass is 10.1. The molecular weight excluding hydrogens is 280 g/mol. The molecule has 1 atom stereocenters. The molecule has 0 unspecified atom stereocenters. The highest BCUT2D eigenvalue weighted by Crippen LogP contribution is 2.10. The van der Waals surface area contributed by atoms with Gasteiger partial charge in [-0.3, -0.25) is 4.79 Å². The summed E-state index contributed by atoms with van der Waals surface area (Å²) in [5, 5.41) is 2.46. The van der Waals surface area contributed by atoms with Gasteiger partial charge in [-0.05, 0) is 45.4 Å². The Morgan fingerprint density at radius 2 is 1.86 bits per heavy atom. The number of rotatable bonds is 4. The van der Waals surface area contributed by atoms with E-state index >= 15 is 0 Å². The van der Waals surface area contributed by atoms with Crippen molar-refractivity contribution in [1.82, 2.24) is 5.32 Å². The molecule has 4 nitrogen and oxygen atoms in total. The standard InChI is InChI=1S/C15H19F2NO3/c1-9(14(20)21-15(2,3)4)18-13(19)8-10-5-6-11(16)12(17)7-10/h5-7,9H,8H2,1-4H3,(H,18,19)/t9-/m0/s1. The average Bonchev–Trinajstić information content (AvgIpc) is 2.31. The Morgan fingerprint density at radius 3 is 2.38 bits per heavy atom. The van der Waals surface area contributed by atoms with Crippen LogP contribution >= 0.6 is 0 Å². The molecule has 1 rings (SSSR count). The average molecular weight is 299 g/mol. The van der Waals surface area contributed by atoms with Gasteiger partial charge in [-0.25, -0.2) is 13.6 Å². The highest BCUT2D eigenvalue weighted by Gasteiger charge is 2.23. The maximum Gasteiger partial charge on any atom is 0.328 e. The first-order valence-electron chi connectivity index (χ1n) is 6.54. The number of carbonyl (C=O) groups excluding carboxylic acids is 2. The van der Waals surface area contributed by atoms with Crippen molar-refractivity contribution in [3.8, 4) is 0 Å². The number of nitrogens with one attached hydrogen (secondary N) is 1. The molecule has 0 spiro atoms. The summed E-state index contributed by atoms with van der Waals surface area (Å²) in [5.41, 5.74) is -0.321. The van der Waals surface area contributed by atoms with E-state index in [0.717, 1.165) is 12.1 Å². The van der Waals surface area contributed by atoms with E-state index in [-0.39, 0.29) is 6.42 Å². The van der Waals surface area contributed by atoms with Gasteiger partial charge >= 0.3 is 5.97 Å². The zero-order valence-electron chi connectivity index (χ0n) is 12.5. The summed E-state index contributed by atoms with van der Waals surface area (Å²) < 4.78 is 30.9. The first-order valence-corrected chi connectivity index (χ1v) is 6.54. The number of hydrogen-bond donors (Lipinski definition) is 1. The predicted octanol–water partition coefficient (Wildman–Crippen LogP) is 2.35. The summed E-state index contributed by atoms with van der Waals surface area (Å²) >= 11 is 0. The van der Waals surface area contributed by atoms with Crippen LogP contribution in [0.1, 0.15) is 33.3 Å². The molecule has 0 heterocycles. The zero-order valence-corrected chi connectivity index (χ0v) is 12.5. The van der Waals surface area contributed by atoms with Crippen molar-refractivity contribution in [2.24, 2.45) is 0 Å². The van der Waals surface area contributed by atoms with Gasteiger partial charge in [-0.1, -0.05) is 6.07 Å². The molecule has 116 valence electrons. The van der Waals surface area contributed by atoms with E-state index in [1.165, 1.54) is 13.0 Å². The third kappa shape index (κ3) is 5.89. The Morgan fingerprint density at radius 1 is 1.24 bits per heavy atom. The summed E-state index contributed by atoms with van der Waals surface area (Å²) in [6, 6.07) is 2.40. The fourth-order valence-electron chi connectivity index (χ4n) is 1.58. The third-order valence-electron chi connectivity index (χ3n) is 2.49. The number of halogens is 2. The zero-order chi connectivity index (χ0) is 16.2. The van der Waals surface area contributed by atoms with Crippen LogP contribution in [0.25, 0.3) is 0 Å². The number of benzene rings is 1. The minimum absolute atomic E-state index is 0.148. The molecule has 0 saturated carbocycles. The number of ether oxygens (including phenoxy) is 1. The van der Waals surface area contributed by atoms with Crippen molar-refractivity contribution in [3.63, 3.8) is 0 Å². The van der Waals surface area contributed by atoms with E-state index in [9.17, 15) is 18.4 Å². The Kier molecular flexibility index (Phi) is 5.41. The Hall–Kier alpha value is -1.98. The quantitative estimate of drug-likeness (QED) is 0.868. The third-order valence-corrected chi connectivity index (χ3v) is 2.49. The number of esters is 1. The summed E-state index contributed by atoms with van der Waals surface area (Å²) in [6.07, 6.45) is -0.148. The first kappa shape index (κ1) is 17.1. The lowest BCUT2D eigenvalue weighted by molar-refractivity contribution is -0.158. The summed E-state index contributed by atoms with van der Waals surface area (Å²) in [5.74, 6) is -3.01. The van der Waals surface area contributed by atoms with Crippen molar-refractivity contribution in [1.29, 1.82) is 0 Å². The smallest absolute Gasteiger partial charge is 0.328 e. The molecule has 0 radical (unpaired) electrons. The minimum Gasteiger partial charge on any atom is -0.458 e. The molecule has 0 fully saturated rings. The van der Waals surface area contributed by atoms with Crippen LogP contribution < -0.4 is 5.32 Å². The normalized spacial score (nSPS) is 12.7. The molecule has 0 aromatic heterocycles. The van der Waals surface area contributed by atoms with Gasteiger partial charge in [-0.15, -0.1) is 0 Å². The van der Waals surface area contributed by atoms with Crippen LogP contribution in [0.3, 0.4) is 0 Å². The van der Waals surface area contributed by atoms with Crippen LogP contribution in [0.15, 0.2) is 18.2 Å². The summed E-state index contributed by atoms with van der Waals surface area (Å²) in [7, 11) is 0. The van der Waals surface area contributed by atoms with Crippen LogP contribution in [-0.2, 0) is 20.7 Å². The predicted molar refractivity (Wildman–Crippen MR) is 73.5 cm³/mol. The summed E-state index contributed by atoms with van der Waals surface area (Å²) in [4.78, 5) is 23.5. The topological polar surface area (TPSA) is 55.4 Å². The molecule has 21 heavy (non-hydrogen) atoms. The molecule has 1 aromatic carbocycles. The maximum absolute atomic E-state index is 13.0. The fourth-order valence-corrected chi connectivity index (χ4v) is 1.58. The SMILES string of the molecule is C[C@H](NC(=O)Cc1ccc(F)c(F)c1)C(=O)OC(C)(C)C. The van der Waals surface area contributed by atoms with Crippen LogP contribution in [0, 0.1) is 11.6 Å². The Bertz CT molecular complexity index is 538. The van der Waals surface area contributed by atoms with Gasteiger partial charge < -0.3 is 10.1 Å². The van der Waals surface area contributed by atoms with Gasteiger partial charge in [0.1, 0.15) is 11.6 Å². The second kappa shape index (κ2) is 6.65. The molecule has 1 aromatic rings. The molecule has 0 aliphatic heterocycles. The maximum atomic E-state index is 13.0. The molecule has 0 aliphatic rings. The van der Waals surface area contributed by atoms with E-state index in [1.54, 1.807) is 20.8 Å². The molecule has 6 heteroatoms. The Balaban J connectivity index is 2.57. The van der Waals surface area contributed by atoms with E-state index in [0.29, 0.717) is 5.56 Å². The van der Waals surface area contributed by atoms with Crippen molar-refractivity contribution in [2.45, 2.75) is 45.8 Å². The van der Waals surface area contributed by atoms with Crippen LogP contribution in [-0.4, -0.2) is 23.5 Å². The Labute approximate surface area is 122 Å². The number of amides is 1. The molecule has 0 saturated heterocycles. The van der Waals surface area contributed by atoms with Gasteiger partial charge in [-0.2, -0.15) is 0 Å². The van der Waals surface area contributed by atoms with Gasteiger partial charge in [0.25, 0.3) is 0 Å². The van der Waals surface area contributed by atoms with Gasteiger partial charge in [0.15, 0.2) is 11.6 Å². The van der Waals surface area contributed by atoms with Crippen molar-refractivity contribution < 1.29 is 23.1 Å². The molecular formula is C15H19F2NO3.